The van der Waals surface area contributed by atoms with Gasteiger partial charge in [-0.2, -0.15) is 0 Å². The van der Waals surface area contributed by atoms with Crippen molar-refractivity contribution in [3.63, 3.8) is 0 Å². The monoisotopic (exact) mass is 281 g/mol. The lowest BCUT2D eigenvalue weighted by atomic mass is 9.89. The number of carbonyl (C=O) groups excluding carboxylic acids is 1. The van der Waals surface area contributed by atoms with Crippen LogP contribution in [0.3, 0.4) is 0 Å². The van der Waals surface area contributed by atoms with Crippen LogP contribution >= 0.6 is 0 Å². The summed E-state index contributed by atoms with van der Waals surface area (Å²) in [6.07, 6.45) is 0. The van der Waals surface area contributed by atoms with Gasteiger partial charge in [-0.15, -0.1) is 0 Å². The van der Waals surface area contributed by atoms with Gasteiger partial charge in [0.05, 0.1) is 13.0 Å². The van der Waals surface area contributed by atoms with Crippen molar-refractivity contribution in [2.45, 2.75) is 19.0 Å². The van der Waals surface area contributed by atoms with Gasteiger partial charge >= 0.3 is 5.97 Å². The topological polar surface area (TPSA) is 29.5 Å². The van der Waals surface area contributed by atoms with Gasteiger partial charge in [-0.05, 0) is 16.7 Å². The second kappa shape index (κ2) is 6.10. The van der Waals surface area contributed by atoms with Gasteiger partial charge < -0.3 is 4.74 Å². The van der Waals surface area contributed by atoms with E-state index in [9.17, 15) is 4.79 Å². The normalized spacial score (nSPS) is 18.0. The smallest absolute Gasteiger partial charge is 0.314 e. The van der Waals surface area contributed by atoms with Crippen LogP contribution in [0.25, 0.3) is 0 Å². The third kappa shape index (κ3) is 2.98. The summed E-state index contributed by atoms with van der Waals surface area (Å²) in [4.78, 5) is 14.4. The van der Waals surface area contributed by atoms with E-state index in [1.54, 1.807) is 0 Å². The van der Waals surface area contributed by atoms with Crippen molar-refractivity contribution in [3.05, 3.63) is 71.3 Å². The Morgan fingerprint density at radius 2 is 1.86 bits per heavy atom. The highest BCUT2D eigenvalue weighted by molar-refractivity contribution is 5.79. The molecule has 1 unspecified atom stereocenters. The molecule has 2 aromatic carbocycles. The van der Waals surface area contributed by atoms with E-state index in [1.165, 1.54) is 18.2 Å². The number of esters is 1. The van der Waals surface area contributed by atoms with Gasteiger partial charge in [-0.3, -0.25) is 9.69 Å². The van der Waals surface area contributed by atoms with Gasteiger partial charge in [-0.25, -0.2) is 0 Å². The molecule has 1 heterocycles. The number of nitrogens with zero attached hydrogens (tertiary/aromatic N) is 1. The van der Waals surface area contributed by atoms with Gasteiger partial charge in [-0.1, -0.05) is 54.6 Å². The van der Waals surface area contributed by atoms with Gasteiger partial charge in [0, 0.05) is 19.6 Å². The van der Waals surface area contributed by atoms with E-state index >= 15 is 0 Å². The summed E-state index contributed by atoms with van der Waals surface area (Å²) in [6, 6.07) is 18.5. The molecule has 0 aliphatic carbocycles. The molecule has 3 heteroatoms. The minimum absolute atomic E-state index is 0.153. The zero-order valence-corrected chi connectivity index (χ0v) is 12.2. The molecule has 0 spiro atoms. The Bertz CT molecular complexity index is 624. The highest BCUT2D eigenvalue weighted by Crippen LogP contribution is 2.29. The largest absolute Gasteiger partial charge is 0.469 e. The zero-order chi connectivity index (χ0) is 14.7. The van der Waals surface area contributed by atoms with Crippen LogP contribution in [-0.2, 0) is 22.6 Å². The molecule has 0 aromatic heterocycles. The predicted molar refractivity (Wildman–Crippen MR) is 81.8 cm³/mol. The average Bonchev–Trinajstić information content (AvgIpc) is 2.54. The molecule has 1 atom stereocenters. The summed E-state index contributed by atoms with van der Waals surface area (Å²) < 4.78 is 4.98. The van der Waals surface area contributed by atoms with E-state index in [4.69, 9.17) is 4.74 Å². The summed E-state index contributed by atoms with van der Waals surface area (Å²) in [7, 11) is 1.46. The number of hydrogen-bond donors (Lipinski definition) is 0. The Hall–Kier alpha value is -2.13. The van der Waals surface area contributed by atoms with E-state index in [0.717, 1.165) is 18.7 Å². The van der Waals surface area contributed by atoms with E-state index in [2.05, 4.69) is 23.1 Å². The number of methoxy groups -OCH3 is 1. The van der Waals surface area contributed by atoms with Crippen molar-refractivity contribution in [2.24, 2.45) is 0 Å². The van der Waals surface area contributed by atoms with Crippen molar-refractivity contribution in [1.82, 2.24) is 4.90 Å². The molecule has 1 aliphatic heterocycles. The molecule has 0 amide bonds. The maximum Gasteiger partial charge on any atom is 0.314 e. The molecule has 0 N–H and O–H groups in total. The number of carbonyl (C=O) groups is 1. The van der Waals surface area contributed by atoms with Crippen LogP contribution in [0.2, 0.25) is 0 Å². The van der Waals surface area contributed by atoms with Gasteiger partial charge in [0.25, 0.3) is 0 Å². The summed E-state index contributed by atoms with van der Waals surface area (Å²) in [5.41, 5.74) is 3.59. The van der Waals surface area contributed by atoms with Crippen molar-refractivity contribution in [1.29, 1.82) is 0 Å². The SMILES string of the molecule is COC(=O)C1CN(Cc2ccccc2)Cc2ccccc21. The van der Waals surface area contributed by atoms with E-state index in [0.29, 0.717) is 6.54 Å². The van der Waals surface area contributed by atoms with Crippen molar-refractivity contribution < 1.29 is 9.53 Å². The molecule has 2 aromatic rings. The first-order valence-corrected chi connectivity index (χ1v) is 7.20. The van der Waals surface area contributed by atoms with Crippen LogP contribution in [-0.4, -0.2) is 24.5 Å². The van der Waals surface area contributed by atoms with Gasteiger partial charge in [0.2, 0.25) is 0 Å². The molecule has 3 nitrogen and oxygen atoms in total. The van der Waals surface area contributed by atoms with Crippen LogP contribution in [0.15, 0.2) is 54.6 Å². The standard InChI is InChI=1S/C18H19NO2/c1-21-18(20)17-13-19(11-14-7-3-2-4-8-14)12-15-9-5-6-10-16(15)17/h2-10,17H,11-13H2,1H3. The molecule has 108 valence electrons. The fourth-order valence-corrected chi connectivity index (χ4v) is 2.99. The molecule has 0 radical (unpaired) electrons. The van der Waals surface area contributed by atoms with E-state index in [-0.39, 0.29) is 11.9 Å². The Labute approximate surface area is 125 Å². The van der Waals surface area contributed by atoms with Crippen LogP contribution in [0, 0.1) is 0 Å². The van der Waals surface area contributed by atoms with E-state index < -0.39 is 0 Å². The van der Waals surface area contributed by atoms with Crippen LogP contribution in [0.4, 0.5) is 0 Å². The molecule has 0 saturated heterocycles. The molecule has 1 aliphatic rings. The Kier molecular flexibility index (Phi) is 4.02. The Morgan fingerprint density at radius 3 is 2.62 bits per heavy atom. The third-order valence-electron chi connectivity index (χ3n) is 4.00. The second-order valence-electron chi connectivity index (χ2n) is 5.43. The summed E-state index contributed by atoms with van der Waals surface area (Å²) in [6.45, 7) is 2.43. The molecule has 0 bridgehead atoms. The number of fused-ring (bicyclic) bond motifs is 1. The first-order chi connectivity index (χ1) is 10.3. The molecular weight excluding hydrogens is 262 g/mol. The molecule has 0 saturated carbocycles. The quantitative estimate of drug-likeness (QED) is 0.810. The van der Waals surface area contributed by atoms with Gasteiger partial charge in [0.15, 0.2) is 0 Å². The maximum absolute atomic E-state index is 12.1. The van der Waals surface area contributed by atoms with Crippen molar-refractivity contribution in [2.75, 3.05) is 13.7 Å². The summed E-state index contributed by atoms with van der Waals surface area (Å²) in [5, 5.41) is 0. The first-order valence-electron chi connectivity index (χ1n) is 7.20. The van der Waals surface area contributed by atoms with Crippen LogP contribution in [0.1, 0.15) is 22.6 Å². The fraction of sp³-hybridized carbons (Fsp3) is 0.278. The third-order valence-corrected chi connectivity index (χ3v) is 4.00. The van der Waals surface area contributed by atoms with Crippen molar-refractivity contribution >= 4 is 5.97 Å². The Morgan fingerprint density at radius 1 is 1.14 bits per heavy atom. The Balaban J connectivity index is 1.85. The lowest BCUT2D eigenvalue weighted by Gasteiger charge is -2.33. The predicted octanol–water partition coefficient (Wildman–Crippen LogP) is 2.96. The zero-order valence-electron chi connectivity index (χ0n) is 12.2. The number of rotatable bonds is 3. The molecule has 21 heavy (non-hydrogen) atoms. The second-order valence-corrected chi connectivity index (χ2v) is 5.43. The summed E-state index contributed by atoms with van der Waals surface area (Å²) in [5.74, 6) is -0.344. The van der Waals surface area contributed by atoms with E-state index in [1.807, 2.05) is 36.4 Å². The van der Waals surface area contributed by atoms with Gasteiger partial charge in [0.1, 0.15) is 0 Å². The molecule has 3 rings (SSSR count). The lowest BCUT2D eigenvalue weighted by molar-refractivity contribution is -0.143. The maximum atomic E-state index is 12.1. The molecule has 0 fully saturated rings. The summed E-state index contributed by atoms with van der Waals surface area (Å²) >= 11 is 0. The minimum Gasteiger partial charge on any atom is -0.469 e. The highest BCUT2D eigenvalue weighted by atomic mass is 16.5. The highest BCUT2D eigenvalue weighted by Gasteiger charge is 2.30. The minimum atomic E-state index is -0.191. The average molecular weight is 281 g/mol. The fourth-order valence-electron chi connectivity index (χ4n) is 2.99. The number of ether oxygens (including phenoxy) is 1. The number of benzene rings is 2. The number of hydrogen-bond acceptors (Lipinski definition) is 3. The van der Waals surface area contributed by atoms with Crippen molar-refractivity contribution in [3.8, 4) is 0 Å². The molecular formula is C18H19NO2. The van der Waals surface area contributed by atoms with Crippen LogP contribution < -0.4 is 0 Å². The lowest BCUT2D eigenvalue weighted by Crippen LogP contribution is -2.36. The van der Waals surface area contributed by atoms with Crippen LogP contribution in [0.5, 0.6) is 0 Å². The first kappa shape index (κ1) is 13.8.